The Morgan fingerprint density at radius 3 is 2.62 bits per heavy atom. The van der Waals surface area contributed by atoms with Gasteiger partial charge in [0.15, 0.2) is 5.78 Å². The molecule has 0 heterocycles. The summed E-state index contributed by atoms with van der Waals surface area (Å²) in [5, 5.41) is 22.4. The van der Waals surface area contributed by atoms with Crippen molar-refractivity contribution in [3.63, 3.8) is 0 Å². The van der Waals surface area contributed by atoms with Gasteiger partial charge in [-0.3, -0.25) is 9.88 Å². The van der Waals surface area contributed by atoms with Gasteiger partial charge in [0.05, 0.1) is 6.10 Å². The van der Waals surface area contributed by atoms with Crippen LogP contribution in [-0.4, -0.2) is 31.9 Å². The second-order valence-corrected chi connectivity index (χ2v) is 6.95. The lowest BCUT2D eigenvalue weighted by Crippen LogP contribution is -2.33. The van der Waals surface area contributed by atoms with Crippen molar-refractivity contribution in [3.05, 3.63) is 53.8 Å². The van der Waals surface area contributed by atoms with Crippen molar-refractivity contribution >= 4 is 13.5 Å². The SMILES string of the molecule is CCC(c1cccc(O)c1)C(O)C1C=CC(=O)C=C1NP(=O)(O)O. The summed E-state index contributed by atoms with van der Waals surface area (Å²) < 4.78 is 11.2. The Morgan fingerprint density at radius 2 is 2.04 bits per heavy atom. The van der Waals surface area contributed by atoms with E-state index in [2.05, 4.69) is 0 Å². The zero-order valence-electron chi connectivity index (χ0n) is 13.0. The quantitative estimate of drug-likeness (QED) is 0.491. The van der Waals surface area contributed by atoms with Crippen LogP contribution >= 0.6 is 7.75 Å². The number of ketones is 1. The molecule has 8 heteroatoms. The zero-order chi connectivity index (χ0) is 17.9. The highest BCUT2D eigenvalue weighted by atomic mass is 31.2. The van der Waals surface area contributed by atoms with Crippen molar-refractivity contribution in [1.82, 2.24) is 5.09 Å². The highest BCUT2D eigenvalue weighted by molar-refractivity contribution is 7.49. The smallest absolute Gasteiger partial charge is 0.427 e. The van der Waals surface area contributed by atoms with Crippen LogP contribution in [0.2, 0.25) is 0 Å². The number of carbonyl (C=O) groups is 1. The summed E-state index contributed by atoms with van der Waals surface area (Å²) in [6.07, 6.45) is 3.25. The van der Waals surface area contributed by atoms with Crippen LogP contribution in [0.4, 0.5) is 0 Å². The van der Waals surface area contributed by atoms with E-state index in [1.807, 2.05) is 12.0 Å². The number of phenolic OH excluding ortho intramolecular Hbond substituents is 1. The molecule has 0 fully saturated rings. The lowest BCUT2D eigenvalue weighted by atomic mass is 9.81. The molecular weight excluding hydrogens is 333 g/mol. The molecular formula is C16H20NO6P. The van der Waals surface area contributed by atoms with E-state index in [1.54, 1.807) is 12.1 Å². The molecule has 0 saturated heterocycles. The molecule has 0 radical (unpaired) electrons. The van der Waals surface area contributed by atoms with Gasteiger partial charge in [-0.15, -0.1) is 0 Å². The Kier molecular flexibility index (Phi) is 5.62. The highest BCUT2D eigenvalue weighted by Crippen LogP contribution is 2.38. The molecule has 0 aromatic heterocycles. The minimum absolute atomic E-state index is 0.0260. The van der Waals surface area contributed by atoms with Gasteiger partial charge in [-0.2, -0.15) is 0 Å². The van der Waals surface area contributed by atoms with Crippen molar-refractivity contribution in [2.75, 3.05) is 0 Å². The van der Waals surface area contributed by atoms with E-state index < -0.39 is 25.6 Å². The second-order valence-electron chi connectivity index (χ2n) is 5.64. The third-order valence-electron chi connectivity index (χ3n) is 3.92. The fourth-order valence-corrected chi connectivity index (χ4v) is 3.40. The number of allylic oxidation sites excluding steroid dienone is 2. The first-order valence-electron chi connectivity index (χ1n) is 7.46. The van der Waals surface area contributed by atoms with Crippen LogP contribution in [0.25, 0.3) is 0 Å². The van der Waals surface area contributed by atoms with Gasteiger partial charge in [0.2, 0.25) is 0 Å². The molecule has 1 aliphatic carbocycles. The van der Waals surface area contributed by atoms with Gasteiger partial charge < -0.3 is 20.0 Å². The number of carbonyl (C=O) groups excluding carboxylic acids is 1. The first kappa shape index (κ1) is 18.4. The van der Waals surface area contributed by atoms with Crippen molar-refractivity contribution < 1.29 is 29.4 Å². The Bertz CT molecular complexity index is 723. The monoisotopic (exact) mass is 353 g/mol. The number of rotatable bonds is 6. The topological polar surface area (TPSA) is 127 Å². The maximum Gasteiger partial charge on any atom is 0.427 e. The van der Waals surface area contributed by atoms with E-state index in [-0.39, 0.29) is 17.4 Å². The van der Waals surface area contributed by atoms with Gasteiger partial charge in [0.25, 0.3) is 0 Å². The van der Waals surface area contributed by atoms with Gasteiger partial charge in [-0.05, 0) is 30.2 Å². The van der Waals surface area contributed by atoms with Crippen LogP contribution in [-0.2, 0) is 9.36 Å². The van der Waals surface area contributed by atoms with Crippen molar-refractivity contribution in [2.45, 2.75) is 25.4 Å². The largest absolute Gasteiger partial charge is 0.508 e. The molecule has 1 aromatic carbocycles. The number of benzene rings is 1. The molecule has 0 saturated carbocycles. The molecule has 0 spiro atoms. The second kappa shape index (κ2) is 7.32. The summed E-state index contributed by atoms with van der Waals surface area (Å²) in [4.78, 5) is 29.7. The highest BCUT2D eigenvalue weighted by Gasteiger charge is 2.33. The van der Waals surface area contributed by atoms with Crippen molar-refractivity contribution in [1.29, 1.82) is 0 Å². The number of aliphatic hydroxyl groups is 1. The molecule has 1 aromatic rings. The van der Waals surface area contributed by atoms with E-state index in [4.69, 9.17) is 9.79 Å². The normalized spacial score (nSPS) is 20.4. The van der Waals surface area contributed by atoms with E-state index in [0.717, 1.165) is 6.08 Å². The van der Waals surface area contributed by atoms with Crippen molar-refractivity contribution in [3.8, 4) is 5.75 Å². The maximum absolute atomic E-state index is 11.5. The van der Waals surface area contributed by atoms with Crippen LogP contribution < -0.4 is 5.09 Å². The predicted molar refractivity (Wildman–Crippen MR) is 88.0 cm³/mol. The molecule has 2 rings (SSSR count). The summed E-state index contributed by atoms with van der Waals surface area (Å²) >= 11 is 0. The van der Waals surface area contributed by atoms with Gasteiger partial charge in [-0.25, -0.2) is 4.57 Å². The van der Waals surface area contributed by atoms with Gasteiger partial charge >= 0.3 is 7.75 Å². The fourth-order valence-electron chi connectivity index (χ4n) is 2.85. The van der Waals surface area contributed by atoms with E-state index in [1.165, 1.54) is 24.3 Å². The standard InChI is InChI=1S/C16H20NO6P/c1-2-13(10-4-3-5-11(18)8-10)16(20)14-7-6-12(19)9-15(14)17-24(21,22)23/h3-9,13-14,16,18,20H,2H2,1H3,(H3,17,21,22,23). The minimum atomic E-state index is -4.61. The third-order valence-corrected chi connectivity index (χ3v) is 4.47. The zero-order valence-corrected chi connectivity index (χ0v) is 13.9. The maximum atomic E-state index is 11.5. The third kappa shape index (κ3) is 4.55. The average Bonchev–Trinajstić information content (AvgIpc) is 2.46. The van der Waals surface area contributed by atoms with E-state index in [0.29, 0.717) is 12.0 Å². The average molecular weight is 353 g/mol. The summed E-state index contributed by atoms with van der Waals surface area (Å²) in [6, 6.07) is 6.47. The molecule has 0 bridgehead atoms. The summed E-state index contributed by atoms with van der Waals surface area (Å²) in [6.45, 7) is 1.86. The van der Waals surface area contributed by atoms with E-state index in [9.17, 15) is 19.6 Å². The molecule has 0 aliphatic heterocycles. The molecule has 130 valence electrons. The van der Waals surface area contributed by atoms with E-state index >= 15 is 0 Å². The Labute approximate surface area is 139 Å². The van der Waals surface area contributed by atoms with Crippen LogP contribution in [0.1, 0.15) is 24.8 Å². The number of nitrogens with one attached hydrogen (secondary N) is 1. The predicted octanol–water partition coefficient (Wildman–Crippen LogP) is 1.57. The Morgan fingerprint density at radius 1 is 1.33 bits per heavy atom. The van der Waals surface area contributed by atoms with Gasteiger partial charge in [0, 0.05) is 23.6 Å². The molecule has 3 atom stereocenters. The minimum Gasteiger partial charge on any atom is -0.508 e. The Hall–Kier alpha value is -1.92. The van der Waals surface area contributed by atoms with Crippen LogP contribution in [0.3, 0.4) is 0 Å². The molecule has 1 aliphatic rings. The number of hydrogen-bond acceptors (Lipinski definition) is 4. The van der Waals surface area contributed by atoms with Gasteiger partial charge in [0.1, 0.15) is 5.75 Å². The molecule has 24 heavy (non-hydrogen) atoms. The lowest BCUT2D eigenvalue weighted by Gasteiger charge is -2.31. The van der Waals surface area contributed by atoms with Gasteiger partial charge in [-0.1, -0.05) is 25.1 Å². The lowest BCUT2D eigenvalue weighted by molar-refractivity contribution is -0.110. The number of aliphatic hydroxyl groups excluding tert-OH is 1. The first-order valence-corrected chi connectivity index (χ1v) is 9.07. The summed E-state index contributed by atoms with van der Waals surface area (Å²) in [5.41, 5.74) is 0.674. The fraction of sp³-hybridized carbons (Fsp3) is 0.312. The number of phenols is 1. The summed E-state index contributed by atoms with van der Waals surface area (Å²) in [7, 11) is -4.61. The number of aromatic hydroxyl groups is 1. The molecule has 7 nitrogen and oxygen atoms in total. The van der Waals surface area contributed by atoms with Crippen LogP contribution in [0.15, 0.2) is 48.2 Å². The Balaban J connectivity index is 2.32. The van der Waals surface area contributed by atoms with Crippen molar-refractivity contribution in [2.24, 2.45) is 5.92 Å². The first-order chi connectivity index (χ1) is 11.2. The summed E-state index contributed by atoms with van der Waals surface area (Å²) in [5.74, 6) is -1.51. The van der Waals surface area contributed by atoms with Crippen LogP contribution in [0, 0.1) is 5.92 Å². The number of hydrogen-bond donors (Lipinski definition) is 5. The molecule has 3 unspecified atom stereocenters. The molecule has 5 N–H and O–H groups in total. The van der Waals surface area contributed by atoms with Crippen LogP contribution in [0.5, 0.6) is 5.75 Å². The molecule has 0 amide bonds.